The Morgan fingerprint density at radius 1 is 1.12 bits per heavy atom. The lowest BCUT2D eigenvalue weighted by molar-refractivity contribution is 0.226. The SMILES string of the molecule is C=C1c2c(ccc(Sc3cnc(N4CCC5(CCCC5)CC4)cn3)c2Cl)N=CN1CC(C)CC. The van der Waals surface area contributed by atoms with E-state index in [2.05, 4.69) is 35.2 Å². The van der Waals surface area contributed by atoms with Gasteiger partial charge in [-0.05, 0) is 49.1 Å². The van der Waals surface area contributed by atoms with E-state index in [9.17, 15) is 0 Å². The van der Waals surface area contributed by atoms with E-state index in [0.29, 0.717) is 16.4 Å². The molecule has 7 heteroatoms. The van der Waals surface area contributed by atoms with Crippen LogP contribution in [-0.4, -0.2) is 40.8 Å². The Kier molecular flexibility index (Phi) is 6.90. The van der Waals surface area contributed by atoms with Crippen LogP contribution in [0.5, 0.6) is 0 Å². The summed E-state index contributed by atoms with van der Waals surface area (Å²) in [5.41, 5.74) is 3.30. The van der Waals surface area contributed by atoms with Gasteiger partial charge in [0.15, 0.2) is 0 Å². The lowest BCUT2D eigenvalue weighted by Gasteiger charge is -2.39. The Morgan fingerprint density at radius 2 is 1.88 bits per heavy atom. The van der Waals surface area contributed by atoms with Crippen molar-refractivity contribution in [2.24, 2.45) is 16.3 Å². The highest BCUT2D eigenvalue weighted by molar-refractivity contribution is 7.99. The molecule has 1 atom stereocenters. The average Bonchev–Trinajstić information content (AvgIpc) is 3.31. The average molecular weight is 496 g/mol. The highest BCUT2D eigenvalue weighted by Crippen LogP contribution is 2.47. The van der Waals surface area contributed by atoms with Crippen molar-refractivity contribution in [3.63, 3.8) is 0 Å². The van der Waals surface area contributed by atoms with Gasteiger partial charge in [0.25, 0.3) is 0 Å². The molecule has 1 saturated carbocycles. The molecule has 1 aromatic heterocycles. The molecule has 0 radical (unpaired) electrons. The zero-order valence-electron chi connectivity index (χ0n) is 20.3. The molecule has 1 saturated heterocycles. The number of hydrogen-bond acceptors (Lipinski definition) is 6. The molecule has 0 amide bonds. The number of halogens is 1. The van der Waals surface area contributed by atoms with E-state index < -0.39 is 0 Å². The summed E-state index contributed by atoms with van der Waals surface area (Å²) in [7, 11) is 0. The third-order valence-corrected chi connectivity index (χ3v) is 9.39. The molecule has 3 heterocycles. The zero-order chi connectivity index (χ0) is 23.7. The normalized spacial score (nSPS) is 20.1. The summed E-state index contributed by atoms with van der Waals surface area (Å²) in [6.45, 7) is 11.8. The van der Waals surface area contributed by atoms with Gasteiger partial charge in [0.1, 0.15) is 10.8 Å². The topological polar surface area (TPSA) is 44.6 Å². The molecule has 1 unspecified atom stereocenters. The molecule has 2 fully saturated rings. The van der Waals surface area contributed by atoms with Gasteiger partial charge in [-0.2, -0.15) is 0 Å². The van der Waals surface area contributed by atoms with Crippen molar-refractivity contribution in [3.05, 3.63) is 41.7 Å². The molecule has 1 spiro atoms. The molecular weight excluding hydrogens is 462 g/mol. The second-order valence-corrected chi connectivity index (χ2v) is 11.6. The summed E-state index contributed by atoms with van der Waals surface area (Å²) >= 11 is 8.42. The van der Waals surface area contributed by atoms with Gasteiger partial charge in [-0.1, -0.05) is 63.1 Å². The number of rotatable bonds is 6. The number of benzene rings is 1. The van der Waals surface area contributed by atoms with Crippen molar-refractivity contribution in [1.82, 2.24) is 14.9 Å². The van der Waals surface area contributed by atoms with Gasteiger partial charge in [0, 0.05) is 35.8 Å². The van der Waals surface area contributed by atoms with Crippen LogP contribution in [0.1, 0.15) is 64.4 Å². The van der Waals surface area contributed by atoms with Crippen molar-refractivity contribution >= 4 is 46.9 Å². The molecule has 34 heavy (non-hydrogen) atoms. The Hall–Kier alpha value is -2.05. The van der Waals surface area contributed by atoms with Gasteiger partial charge < -0.3 is 9.80 Å². The molecule has 1 aromatic carbocycles. The first kappa shape index (κ1) is 23.7. The van der Waals surface area contributed by atoms with Crippen molar-refractivity contribution in [1.29, 1.82) is 0 Å². The van der Waals surface area contributed by atoms with Crippen molar-refractivity contribution in [2.75, 3.05) is 24.5 Å². The number of aliphatic imine (C=N–C) groups is 1. The highest BCUT2D eigenvalue weighted by atomic mass is 35.5. The molecular formula is C27H34ClN5S. The molecule has 5 rings (SSSR count). The van der Waals surface area contributed by atoms with Crippen molar-refractivity contribution < 1.29 is 0 Å². The van der Waals surface area contributed by atoms with E-state index >= 15 is 0 Å². The third-order valence-electron chi connectivity index (χ3n) is 7.90. The molecule has 180 valence electrons. The van der Waals surface area contributed by atoms with E-state index in [1.807, 2.05) is 30.9 Å². The summed E-state index contributed by atoms with van der Waals surface area (Å²) in [5.74, 6) is 1.54. The fourth-order valence-corrected chi connectivity index (χ4v) is 6.60. The lowest BCUT2D eigenvalue weighted by atomic mass is 9.77. The number of fused-ring (bicyclic) bond motifs is 1. The maximum Gasteiger partial charge on any atom is 0.147 e. The smallest absolute Gasteiger partial charge is 0.147 e. The summed E-state index contributed by atoms with van der Waals surface area (Å²) in [5, 5.41) is 1.53. The number of aromatic nitrogens is 2. The van der Waals surface area contributed by atoms with E-state index in [0.717, 1.165) is 58.7 Å². The summed E-state index contributed by atoms with van der Waals surface area (Å²) < 4.78 is 0. The molecule has 1 aliphatic carbocycles. The molecule has 2 aromatic rings. The van der Waals surface area contributed by atoms with Crippen LogP contribution < -0.4 is 4.90 Å². The minimum absolute atomic E-state index is 0.554. The van der Waals surface area contributed by atoms with Gasteiger partial charge in [-0.25, -0.2) is 15.0 Å². The first-order chi connectivity index (χ1) is 16.5. The minimum Gasteiger partial charge on any atom is -0.355 e. The molecule has 0 bridgehead atoms. The van der Waals surface area contributed by atoms with Crippen LogP contribution in [0.2, 0.25) is 5.02 Å². The molecule has 5 nitrogen and oxygen atoms in total. The Labute approximate surface area is 212 Å². The number of hydrogen-bond donors (Lipinski definition) is 0. The van der Waals surface area contributed by atoms with E-state index in [4.69, 9.17) is 21.6 Å². The summed E-state index contributed by atoms with van der Waals surface area (Å²) in [4.78, 5) is 19.5. The van der Waals surface area contributed by atoms with Crippen molar-refractivity contribution in [2.45, 2.75) is 68.7 Å². The Bertz CT molecular complexity index is 1070. The quantitative estimate of drug-likeness (QED) is 0.416. The van der Waals surface area contributed by atoms with Gasteiger partial charge in [0.2, 0.25) is 0 Å². The van der Waals surface area contributed by atoms with Crippen LogP contribution in [0.25, 0.3) is 5.70 Å². The van der Waals surface area contributed by atoms with Gasteiger partial charge in [-0.3, -0.25) is 0 Å². The highest BCUT2D eigenvalue weighted by Gasteiger charge is 2.37. The number of piperidine rings is 1. The van der Waals surface area contributed by atoms with E-state index in [-0.39, 0.29) is 0 Å². The first-order valence-corrected chi connectivity index (χ1v) is 13.7. The first-order valence-electron chi connectivity index (χ1n) is 12.6. The standard InChI is InChI=1S/C27H34ClN5S/c1-4-19(2)17-33-18-31-21-7-8-22(26(28)25(21)20(33)3)34-24-16-29-23(15-30-24)32-13-11-27(12-14-32)9-5-6-10-27/h7-8,15-16,18-19H,3-6,9-14,17H2,1-2H3. The second kappa shape index (κ2) is 9.90. The van der Waals surface area contributed by atoms with Crippen molar-refractivity contribution in [3.8, 4) is 0 Å². The predicted octanol–water partition coefficient (Wildman–Crippen LogP) is 7.43. The van der Waals surface area contributed by atoms with Crippen LogP contribution in [0.15, 0.2) is 46.0 Å². The maximum absolute atomic E-state index is 6.88. The number of nitrogens with zero attached hydrogens (tertiary/aromatic N) is 5. The maximum atomic E-state index is 6.88. The van der Waals surface area contributed by atoms with Crippen LogP contribution in [0.3, 0.4) is 0 Å². The third kappa shape index (κ3) is 4.72. The van der Waals surface area contributed by atoms with Gasteiger partial charge in [0.05, 0.1) is 29.4 Å². The zero-order valence-corrected chi connectivity index (χ0v) is 21.8. The fourth-order valence-electron chi connectivity index (χ4n) is 5.45. The molecule has 3 aliphatic rings. The van der Waals surface area contributed by atoms with E-state index in [1.165, 1.54) is 38.5 Å². The fraction of sp³-hybridized carbons (Fsp3) is 0.519. The van der Waals surface area contributed by atoms with Crippen LogP contribution >= 0.6 is 23.4 Å². The predicted molar refractivity (Wildman–Crippen MR) is 143 cm³/mol. The molecule has 0 N–H and O–H groups in total. The van der Waals surface area contributed by atoms with Gasteiger partial charge in [-0.15, -0.1) is 0 Å². The largest absolute Gasteiger partial charge is 0.355 e. The van der Waals surface area contributed by atoms with Crippen LogP contribution in [0, 0.1) is 11.3 Å². The van der Waals surface area contributed by atoms with Gasteiger partial charge >= 0.3 is 0 Å². The lowest BCUT2D eigenvalue weighted by Crippen LogP contribution is -2.39. The minimum atomic E-state index is 0.554. The van der Waals surface area contributed by atoms with E-state index in [1.54, 1.807) is 11.8 Å². The summed E-state index contributed by atoms with van der Waals surface area (Å²) in [6, 6.07) is 4.03. The summed E-state index contributed by atoms with van der Waals surface area (Å²) in [6.07, 6.45) is 15.0. The second-order valence-electron chi connectivity index (χ2n) is 10.1. The Balaban J connectivity index is 1.27. The Morgan fingerprint density at radius 3 is 2.56 bits per heavy atom. The number of anilines is 1. The van der Waals surface area contributed by atoms with Crippen LogP contribution in [0.4, 0.5) is 11.5 Å². The monoisotopic (exact) mass is 495 g/mol. The van der Waals surface area contributed by atoms with Crippen LogP contribution in [-0.2, 0) is 0 Å². The molecule has 2 aliphatic heterocycles.